The fourth-order valence-electron chi connectivity index (χ4n) is 2.42. The largest absolute Gasteiger partial charge is 0.377 e. The zero-order valence-corrected chi connectivity index (χ0v) is 12.0. The molecule has 1 saturated heterocycles. The molecule has 5 nitrogen and oxygen atoms in total. The molecular formula is C15H17F2N3O2. The van der Waals surface area contributed by atoms with Crippen molar-refractivity contribution in [2.75, 3.05) is 31.7 Å². The Morgan fingerprint density at radius 3 is 2.95 bits per heavy atom. The van der Waals surface area contributed by atoms with Gasteiger partial charge in [0.1, 0.15) is 12.1 Å². The minimum atomic E-state index is -0.919. The molecule has 1 atom stereocenters. The molecule has 0 bridgehead atoms. The molecule has 2 heterocycles. The Hall–Kier alpha value is -1.86. The van der Waals surface area contributed by atoms with E-state index in [-0.39, 0.29) is 6.10 Å². The van der Waals surface area contributed by atoms with E-state index in [1.54, 1.807) is 0 Å². The molecule has 0 unspecified atom stereocenters. The predicted octanol–water partition coefficient (Wildman–Crippen LogP) is 2.52. The molecule has 1 aliphatic rings. The summed E-state index contributed by atoms with van der Waals surface area (Å²) in [5, 5.41) is 3.50. The van der Waals surface area contributed by atoms with Crippen LogP contribution in [0.1, 0.15) is 12.8 Å². The Morgan fingerprint density at radius 1 is 1.27 bits per heavy atom. The molecule has 1 aromatic heterocycles. The number of fused-ring (bicyclic) bond motifs is 1. The van der Waals surface area contributed by atoms with Crippen LogP contribution in [-0.4, -0.2) is 42.4 Å². The molecule has 0 saturated carbocycles. The maximum Gasteiger partial charge on any atom is 0.161 e. The molecule has 0 radical (unpaired) electrons. The van der Waals surface area contributed by atoms with Crippen LogP contribution in [0, 0.1) is 11.6 Å². The lowest BCUT2D eigenvalue weighted by Crippen LogP contribution is -2.18. The molecule has 22 heavy (non-hydrogen) atoms. The third kappa shape index (κ3) is 3.48. The minimum Gasteiger partial charge on any atom is -0.377 e. The molecule has 0 spiro atoms. The zero-order chi connectivity index (χ0) is 15.4. The van der Waals surface area contributed by atoms with Gasteiger partial charge < -0.3 is 14.8 Å². The first-order chi connectivity index (χ1) is 10.7. The van der Waals surface area contributed by atoms with Gasteiger partial charge in [-0.15, -0.1) is 0 Å². The summed E-state index contributed by atoms with van der Waals surface area (Å²) >= 11 is 0. The van der Waals surface area contributed by atoms with Crippen molar-refractivity contribution in [3.8, 4) is 0 Å². The number of ether oxygens (including phenoxy) is 2. The smallest absolute Gasteiger partial charge is 0.161 e. The summed E-state index contributed by atoms with van der Waals surface area (Å²) in [6, 6.07) is 2.16. The minimum absolute atomic E-state index is 0.192. The molecule has 1 fully saturated rings. The van der Waals surface area contributed by atoms with Crippen LogP contribution in [0.25, 0.3) is 10.9 Å². The van der Waals surface area contributed by atoms with Crippen molar-refractivity contribution in [2.45, 2.75) is 18.9 Å². The van der Waals surface area contributed by atoms with Crippen molar-refractivity contribution in [2.24, 2.45) is 0 Å². The SMILES string of the molecule is Fc1cc2ncnc(NCCOC[C@@H]3CCCO3)c2cc1F. The van der Waals surface area contributed by atoms with Crippen LogP contribution >= 0.6 is 0 Å². The lowest BCUT2D eigenvalue weighted by molar-refractivity contribution is 0.0206. The van der Waals surface area contributed by atoms with E-state index in [4.69, 9.17) is 9.47 Å². The van der Waals surface area contributed by atoms with E-state index >= 15 is 0 Å². The van der Waals surface area contributed by atoms with E-state index in [1.807, 2.05) is 0 Å². The van der Waals surface area contributed by atoms with Gasteiger partial charge in [-0.2, -0.15) is 0 Å². The second-order valence-corrected chi connectivity index (χ2v) is 5.14. The fraction of sp³-hybridized carbons (Fsp3) is 0.467. The molecule has 0 aliphatic carbocycles. The van der Waals surface area contributed by atoms with Gasteiger partial charge in [-0.25, -0.2) is 18.7 Å². The number of nitrogens with one attached hydrogen (secondary N) is 1. The van der Waals surface area contributed by atoms with Gasteiger partial charge in [0.05, 0.1) is 24.8 Å². The van der Waals surface area contributed by atoms with Gasteiger partial charge in [0.2, 0.25) is 0 Å². The quantitative estimate of drug-likeness (QED) is 0.831. The highest BCUT2D eigenvalue weighted by molar-refractivity contribution is 5.88. The maximum atomic E-state index is 13.3. The summed E-state index contributed by atoms with van der Waals surface area (Å²) in [6.45, 7) is 2.38. The molecule has 2 aromatic rings. The van der Waals surface area contributed by atoms with E-state index in [1.165, 1.54) is 6.33 Å². The summed E-state index contributed by atoms with van der Waals surface area (Å²) in [4.78, 5) is 8.00. The van der Waals surface area contributed by atoms with Gasteiger partial charge >= 0.3 is 0 Å². The molecule has 1 aliphatic heterocycles. The lowest BCUT2D eigenvalue weighted by Gasteiger charge is -2.11. The van der Waals surface area contributed by atoms with Gasteiger partial charge in [-0.1, -0.05) is 0 Å². The highest BCUT2D eigenvalue weighted by Crippen LogP contribution is 2.22. The van der Waals surface area contributed by atoms with Crippen molar-refractivity contribution in [1.29, 1.82) is 0 Å². The Labute approximate surface area is 126 Å². The van der Waals surface area contributed by atoms with Crippen molar-refractivity contribution in [3.05, 3.63) is 30.1 Å². The number of aromatic nitrogens is 2. The molecule has 7 heteroatoms. The Bertz CT molecular complexity index is 648. The summed E-state index contributed by atoms with van der Waals surface area (Å²) in [6.07, 6.45) is 3.63. The summed E-state index contributed by atoms with van der Waals surface area (Å²) in [7, 11) is 0. The number of hydrogen-bond donors (Lipinski definition) is 1. The molecule has 0 amide bonds. The molecule has 1 N–H and O–H groups in total. The van der Waals surface area contributed by atoms with Crippen LogP contribution in [0.15, 0.2) is 18.5 Å². The maximum absolute atomic E-state index is 13.3. The second kappa shape index (κ2) is 6.93. The van der Waals surface area contributed by atoms with E-state index < -0.39 is 11.6 Å². The topological polar surface area (TPSA) is 56.3 Å². The Morgan fingerprint density at radius 2 is 2.14 bits per heavy atom. The van der Waals surface area contributed by atoms with Crippen LogP contribution in [-0.2, 0) is 9.47 Å². The zero-order valence-electron chi connectivity index (χ0n) is 12.0. The number of halogens is 2. The monoisotopic (exact) mass is 309 g/mol. The fourth-order valence-corrected chi connectivity index (χ4v) is 2.42. The molecule has 118 valence electrons. The van der Waals surface area contributed by atoms with Gasteiger partial charge in [0, 0.05) is 24.6 Å². The normalized spacial score (nSPS) is 18.0. The first-order valence-corrected chi connectivity index (χ1v) is 7.27. The van der Waals surface area contributed by atoms with Crippen molar-refractivity contribution < 1.29 is 18.3 Å². The first kappa shape index (κ1) is 15.1. The summed E-state index contributed by atoms with van der Waals surface area (Å²) in [5.41, 5.74) is 0.358. The second-order valence-electron chi connectivity index (χ2n) is 5.14. The third-order valence-electron chi connectivity index (χ3n) is 3.54. The number of benzene rings is 1. The highest BCUT2D eigenvalue weighted by atomic mass is 19.2. The molecule has 1 aromatic carbocycles. The van der Waals surface area contributed by atoms with E-state index in [0.29, 0.717) is 36.5 Å². The Kier molecular flexibility index (Phi) is 4.74. The van der Waals surface area contributed by atoms with Crippen LogP contribution in [0.3, 0.4) is 0 Å². The van der Waals surface area contributed by atoms with Gasteiger partial charge in [-0.05, 0) is 18.9 Å². The average molecular weight is 309 g/mol. The number of nitrogens with zero attached hydrogens (tertiary/aromatic N) is 2. The van der Waals surface area contributed by atoms with Crippen molar-refractivity contribution >= 4 is 16.7 Å². The number of anilines is 1. The number of rotatable bonds is 6. The molecular weight excluding hydrogens is 292 g/mol. The number of hydrogen-bond acceptors (Lipinski definition) is 5. The van der Waals surface area contributed by atoms with E-state index in [9.17, 15) is 8.78 Å². The highest BCUT2D eigenvalue weighted by Gasteiger charge is 2.15. The Balaban J connectivity index is 1.55. The van der Waals surface area contributed by atoms with Gasteiger partial charge in [0.15, 0.2) is 11.6 Å². The van der Waals surface area contributed by atoms with Gasteiger partial charge in [-0.3, -0.25) is 0 Å². The average Bonchev–Trinajstić information content (AvgIpc) is 3.02. The van der Waals surface area contributed by atoms with Crippen LogP contribution < -0.4 is 5.32 Å². The van der Waals surface area contributed by atoms with Crippen LogP contribution in [0.2, 0.25) is 0 Å². The van der Waals surface area contributed by atoms with Gasteiger partial charge in [0.25, 0.3) is 0 Å². The lowest BCUT2D eigenvalue weighted by atomic mass is 10.2. The van der Waals surface area contributed by atoms with Crippen molar-refractivity contribution in [1.82, 2.24) is 9.97 Å². The molecule has 3 rings (SSSR count). The van der Waals surface area contributed by atoms with E-state index in [0.717, 1.165) is 31.6 Å². The van der Waals surface area contributed by atoms with Crippen molar-refractivity contribution in [3.63, 3.8) is 0 Å². The van der Waals surface area contributed by atoms with E-state index in [2.05, 4.69) is 15.3 Å². The summed E-state index contributed by atoms with van der Waals surface area (Å²) in [5.74, 6) is -1.37. The predicted molar refractivity (Wildman–Crippen MR) is 77.7 cm³/mol. The first-order valence-electron chi connectivity index (χ1n) is 7.27. The standard InChI is InChI=1S/C15H17F2N3O2/c16-12-6-11-14(7-13(12)17)19-9-20-15(11)18-3-5-21-8-10-2-1-4-22-10/h6-7,9-10H,1-5,8H2,(H,18,19,20)/t10-/m0/s1. The van der Waals surface area contributed by atoms with Crippen LogP contribution in [0.5, 0.6) is 0 Å². The third-order valence-corrected chi connectivity index (χ3v) is 3.54. The van der Waals surface area contributed by atoms with Crippen LogP contribution in [0.4, 0.5) is 14.6 Å². The summed E-state index contributed by atoms with van der Waals surface area (Å²) < 4.78 is 37.5.